The van der Waals surface area contributed by atoms with Gasteiger partial charge in [0, 0.05) is 12.8 Å². The molecule has 0 fully saturated rings. The molecule has 0 spiro atoms. The summed E-state index contributed by atoms with van der Waals surface area (Å²) in [6.07, 6.45) is 0.556. The molecule has 4 heteroatoms. The van der Waals surface area contributed by atoms with Crippen LogP contribution >= 0.6 is 11.6 Å². The van der Waals surface area contributed by atoms with E-state index in [2.05, 4.69) is 0 Å². The molecule has 3 nitrogen and oxygen atoms in total. The fourth-order valence-corrected chi connectivity index (χ4v) is 0.383. The van der Waals surface area contributed by atoms with Crippen LogP contribution in [0.3, 0.4) is 0 Å². The third-order valence-corrected chi connectivity index (χ3v) is 0.919. The van der Waals surface area contributed by atoms with Gasteiger partial charge in [-0.05, 0) is 11.6 Å². The van der Waals surface area contributed by atoms with E-state index in [1.807, 2.05) is 0 Å². The van der Waals surface area contributed by atoms with Gasteiger partial charge in [0.15, 0.2) is 0 Å². The number of hydrogen-bond acceptors (Lipinski definition) is 3. The predicted octanol–water partition coefficient (Wildman–Crippen LogP) is 0.300. The molecule has 0 aromatic rings. The van der Waals surface area contributed by atoms with Crippen LogP contribution in [-0.4, -0.2) is 17.3 Å². The van der Waals surface area contributed by atoms with E-state index in [1.165, 1.54) is 0 Å². The van der Waals surface area contributed by atoms with Crippen molar-refractivity contribution in [3.63, 3.8) is 0 Å². The molecule has 0 bridgehead atoms. The first kappa shape index (κ1) is 8.30. The standard InChI is InChI=1S/C5H5ClO3/c6-5(9)4(8)2-1-3-7/h3H,1-2H2. The summed E-state index contributed by atoms with van der Waals surface area (Å²) < 4.78 is 0. The molecule has 0 aliphatic carbocycles. The van der Waals surface area contributed by atoms with Crippen molar-refractivity contribution in [3.8, 4) is 0 Å². The highest BCUT2D eigenvalue weighted by Gasteiger charge is 2.07. The average Bonchev–Trinajstić information content (AvgIpc) is 1.82. The van der Waals surface area contributed by atoms with E-state index in [1.54, 1.807) is 0 Å². The van der Waals surface area contributed by atoms with Crippen LogP contribution in [0.1, 0.15) is 12.8 Å². The third-order valence-electron chi connectivity index (χ3n) is 0.708. The number of carbonyl (C=O) groups excluding carboxylic acids is 3. The van der Waals surface area contributed by atoms with Gasteiger partial charge in [-0.3, -0.25) is 9.59 Å². The summed E-state index contributed by atoms with van der Waals surface area (Å²) in [4.78, 5) is 29.8. The van der Waals surface area contributed by atoms with Crippen molar-refractivity contribution in [1.82, 2.24) is 0 Å². The molecule has 0 rings (SSSR count). The van der Waals surface area contributed by atoms with Crippen LogP contribution in [0.2, 0.25) is 0 Å². The Morgan fingerprint density at radius 1 is 1.44 bits per heavy atom. The van der Waals surface area contributed by atoms with Crippen molar-refractivity contribution in [2.75, 3.05) is 0 Å². The van der Waals surface area contributed by atoms with Crippen LogP contribution in [0.25, 0.3) is 0 Å². The highest BCUT2D eigenvalue weighted by atomic mass is 35.5. The van der Waals surface area contributed by atoms with Crippen LogP contribution in [0.15, 0.2) is 0 Å². The monoisotopic (exact) mass is 148 g/mol. The molecule has 0 amide bonds. The lowest BCUT2D eigenvalue weighted by Crippen LogP contribution is -2.05. The van der Waals surface area contributed by atoms with Crippen LogP contribution in [-0.2, 0) is 14.4 Å². The highest BCUT2D eigenvalue weighted by Crippen LogP contribution is 1.91. The minimum absolute atomic E-state index is 0.0668. The van der Waals surface area contributed by atoms with Crippen molar-refractivity contribution in [2.24, 2.45) is 0 Å². The van der Waals surface area contributed by atoms with Gasteiger partial charge in [-0.2, -0.15) is 0 Å². The molecule has 0 aromatic heterocycles. The van der Waals surface area contributed by atoms with E-state index in [9.17, 15) is 14.4 Å². The predicted molar refractivity (Wildman–Crippen MR) is 31.2 cm³/mol. The zero-order valence-electron chi connectivity index (χ0n) is 4.59. The van der Waals surface area contributed by atoms with Gasteiger partial charge < -0.3 is 4.79 Å². The van der Waals surface area contributed by atoms with Crippen LogP contribution < -0.4 is 0 Å². The number of halogens is 1. The first-order valence-corrected chi connectivity index (χ1v) is 2.72. The molecule has 0 atom stereocenters. The number of rotatable bonds is 4. The van der Waals surface area contributed by atoms with E-state index in [4.69, 9.17) is 11.6 Å². The summed E-state index contributed by atoms with van der Waals surface area (Å²) in [6, 6.07) is 0. The van der Waals surface area contributed by atoms with Crippen LogP contribution in [0.4, 0.5) is 0 Å². The van der Waals surface area contributed by atoms with Gasteiger partial charge in [0.2, 0.25) is 5.78 Å². The molecular weight excluding hydrogens is 144 g/mol. The van der Waals surface area contributed by atoms with Gasteiger partial charge in [0.25, 0.3) is 5.24 Å². The number of Topliss-reactive ketones (excluding diaryl/α,β-unsaturated/α-hetero) is 1. The second-order valence-electron chi connectivity index (χ2n) is 1.40. The second-order valence-corrected chi connectivity index (χ2v) is 1.75. The topological polar surface area (TPSA) is 51.2 Å². The number of hydrogen-bond donors (Lipinski definition) is 0. The molecule has 0 heterocycles. The molecule has 0 saturated carbocycles. The maximum absolute atomic E-state index is 10.3. The molecule has 0 N–H and O–H groups in total. The summed E-state index contributed by atoms with van der Waals surface area (Å²) in [5.74, 6) is -0.705. The van der Waals surface area contributed by atoms with E-state index < -0.39 is 11.0 Å². The van der Waals surface area contributed by atoms with Crippen molar-refractivity contribution in [3.05, 3.63) is 0 Å². The van der Waals surface area contributed by atoms with Gasteiger partial charge in [0.05, 0.1) is 0 Å². The Hall–Kier alpha value is -0.700. The number of ketones is 1. The molecule has 0 aliphatic rings. The SMILES string of the molecule is O=CCCC(=O)C(=O)Cl. The van der Waals surface area contributed by atoms with Crippen molar-refractivity contribution < 1.29 is 14.4 Å². The Morgan fingerprint density at radius 2 is 2.00 bits per heavy atom. The van der Waals surface area contributed by atoms with E-state index in [-0.39, 0.29) is 12.8 Å². The Labute approximate surface area is 57.0 Å². The lowest BCUT2D eigenvalue weighted by Gasteiger charge is -1.84. The number of carbonyl (C=O) groups is 3. The van der Waals surface area contributed by atoms with Gasteiger partial charge >= 0.3 is 0 Å². The lowest BCUT2D eigenvalue weighted by atomic mass is 10.2. The van der Waals surface area contributed by atoms with E-state index in [0.717, 1.165) is 0 Å². The minimum atomic E-state index is -1.00. The van der Waals surface area contributed by atoms with Crippen LogP contribution in [0, 0.1) is 0 Å². The van der Waals surface area contributed by atoms with Crippen molar-refractivity contribution >= 4 is 28.9 Å². The van der Waals surface area contributed by atoms with Crippen molar-refractivity contribution in [2.45, 2.75) is 12.8 Å². The Kier molecular flexibility index (Phi) is 3.88. The van der Waals surface area contributed by atoms with Gasteiger partial charge in [-0.1, -0.05) is 0 Å². The maximum Gasteiger partial charge on any atom is 0.288 e. The smallest absolute Gasteiger partial charge is 0.288 e. The molecule has 0 aromatic carbocycles. The summed E-state index contributed by atoms with van der Waals surface area (Å²) in [6.45, 7) is 0. The van der Waals surface area contributed by atoms with Gasteiger partial charge in [0.1, 0.15) is 6.29 Å². The van der Waals surface area contributed by atoms with E-state index in [0.29, 0.717) is 6.29 Å². The summed E-state index contributed by atoms with van der Waals surface area (Å²) >= 11 is 4.76. The third kappa shape index (κ3) is 3.85. The minimum Gasteiger partial charge on any atom is -0.303 e. The first-order valence-electron chi connectivity index (χ1n) is 2.34. The quantitative estimate of drug-likeness (QED) is 0.327. The van der Waals surface area contributed by atoms with Crippen molar-refractivity contribution in [1.29, 1.82) is 0 Å². The molecule has 0 unspecified atom stereocenters. The maximum atomic E-state index is 10.3. The first-order chi connectivity index (χ1) is 4.18. The Morgan fingerprint density at radius 3 is 2.33 bits per heavy atom. The molecule has 50 valence electrons. The molecule has 0 saturated heterocycles. The molecule has 0 aliphatic heterocycles. The second kappa shape index (κ2) is 4.21. The Balaban J connectivity index is 3.51. The normalized spacial score (nSPS) is 8.56. The van der Waals surface area contributed by atoms with Crippen LogP contribution in [0.5, 0.6) is 0 Å². The number of aldehydes is 1. The molecule has 0 radical (unpaired) electrons. The molecular formula is C5H5ClO3. The van der Waals surface area contributed by atoms with Gasteiger partial charge in [-0.15, -0.1) is 0 Å². The van der Waals surface area contributed by atoms with Gasteiger partial charge in [-0.25, -0.2) is 0 Å². The highest BCUT2D eigenvalue weighted by molar-refractivity contribution is 6.81. The average molecular weight is 149 g/mol. The fraction of sp³-hybridized carbons (Fsp3) is 0.400. The summed E-state index contributed by atoms with van der Waals surface area (Å²) in [5.41, 5.74) is 0. The molecule has 9 heavy (non-hydrogen) atoms. The zero-order valence-corrected chi connectivity index (χ0v) is 5.35. The van der Waals surface area contributed by atoms with E-state index >= 15 is 0 Å². The fourth-order valence-electron chi connectivity index (χ4n) is 0.288. The lowest BCUT2D eigenvalue weighted by molar-refractivity contribution is -0.132. The Bertz CT molecular complexity index is 141. The summed E-state index contributed by atoms with van der Waals surface area (Å²) in [7, 11) is 0. The summed E-state index contributed by atoms with van der Waals surface area (Å²) in [5, 5.41) is -1.00. The zero-order chi connectivity index (χ0) is 7.28. The largest absolute Gasteiger partial charge is 0.303 e.